The molecule has 0 saturated carbocycles. The summed E-state index contributed by atoms with van der Waals surface area (Å²) in [4.78, 5) is 16.8. The van der Waals surface area contributed by atoms with E-state index in [2.05, 4.69) is 18.0 Å². The number of hydrogen-bond acceptors (Lipinski definition) is 4. The monoisotopic (exact) mass is 277 g/mol. The number of carbonyl (C=O) groups excluding carboxylic acids is 1. The third-order valence-electron chi connectivity index (χ3n) is 3.76. The van der Waals surface area contributed by atoms with Gasteiger partial charge in [0.25, 0.3) is 0 Å². The third-order valence-corrected chi connectivity index (χ3v) is 4.90. The molecule has 0 aromatic heterocycles. The summed E-state index contributed by atoms with van der Waals surface area (Å²) in [6, 6.07) is 8.01. The Kier molecular flexibility index (Phi) is 3.99. The van der Waals surface area contributed by atoms with Crippen LogP contribution in [0.1, 0.15) is 26.3 Å². The minimum Gasteiger partial charge on any atom is -0.465 e. The normalized spacial score (nSPS) is 22.6. The Morgan fingerprint density at radius 1 is 1.47 bits per heavy atom. The standard InChI is InChI=1S/C15H19NO2S/c1-5-18-14(17)13(19-4)15(3)10(2)16-12-9-7-6-8-11(12)15/h6-9,13H,5H2,1-4H3. The predicted molar refractivity (Wildman–Crippen MR) is 80.5 cm³/mol. The molecule has 0 aliphatic carbocycles. The van der Waals surface area contributed by atoms with Crippen molar-refractivity contribution in [3.63, 3.8) is 0 Å². The van der Waals surface area contributed by atoms with Crippen LogP contribution >= 0.6 is 11.8 Å². The van der Waals surface area contributed by atoms with E-state index in [-0.39, 0.29) is 16.6 Å². The molecule has 0 spiro atoms. The summed E-state index contributed by atoms with van der Waals surface area (Å²) < 4.78 is 5.22. The van der Waals surface area contributed by atoms with Crippen LogP contribution in [-0.4, -0.2) is 29.8 Å². The van der Waals surface area contributed by atoms with Gasteiger partial charge in [0.1, 0.15) is 5.25 Å². The van der Waals surface area contributed by atoms with Crippen LogP contribution in [-0.2, 0) is 14.9 Å². The first kappa shape index (κ1) is 14.1. The van der Waals surface area contributed by atoms with Gasteiger partial charge in [0.2, 0.25) is 0 Å². The van der Waals surface area contributed by atoms with Crippen LogP contribution < -0.4 is 0 Å². The molecule has 1 aliphatic heterocycles. The number of esters is 1. The fourth-order valence-electron chi connectivity index (χ4n) is 2.62. The maximum atomic E-state index is 12.2. The predicted octanol–water partition coefficient (Wildman–Crippen LogP) is 3.35. The smallest absolute Gasteiger partial charge is 0.320 e. The molecule has 3 nitrogen and oxygen atoms in total. The SMILES string of the molecule is CCOC(=O)C(SC)C1(C)C(C)=Nc2ccccc21. The van der Waals surface area contributed by atoms with Crippen molar-refractivity contribution < 1.29 is 9.53 Å². The number of ether oxygens (including phenoxy) is 1. The molecule has 0 fully saturated rings. The van der Waals surface area contributed by atoms with Gasteiger partial charge in [0, 0.05) is 5.71 Å². The Hall–Kier alpha value is -1.29. The molecular formula is C15H19NO2S. The van der Waals surface area contributed by atoms with Gasteiger partial charge in [-0.15, -0.1) is 11.8 Å². The lowest BCUT2D eigenvalue weighted by molar-refractivity contribution is -0.143. The first-order chi connectivity index (χ1) is 9.05. The molecular weight excluding hydrogens is 258 g/mol. The first-order valence-corrected chi connectivity index (χ1v) is 7.69. The lowest BCUT2D eigenvalue weighted by atomic mass is 9.77. The Bertz CT molecular complexity index is 527. The van der Waals surface area contributed by atoms with Crippen molar-refractivity contribution >= 4 is 29.1 Å². The molecule has 1 heterocycles. The molecule has 0 saturated heterocycles. The second-order valence-electron chi connectivity index (χ2n) is 4.78. The van der Waals surface area contributed by atoms with Gasteiger partial charge in [0.05, 0.1) is 17.7 Å². The van der Waals surface area contributed by atoms with Crippen molar-refractivity contribution in [1.82, 2.24) is 0 Å². The number of hydrogen-bond donors (Lipinski definition) is 0. The van der Waals surface area contributed by atoms with Gasteiger partial charge in [0.15, 0.2) is 0 Å². The lowest BCUT2D eigenvalue weighted by Gasteiger charge is -2.32. The molecule has 102 valence electrons. The molecule has 1 aliphatic rings. The van der Waals surface area contributed by atoms with Crippen molar-refractivity contribution in [1.29, 1.82) is 0 Å². The summed E-state index contributed by atoms with van der Waals surface area (Å²) in [6.07, 6.45) is 1.95. The van der Waals surface area contributed by atoms with Crippen molar-refractivity contribution in [2.45, 2.75) is 31.4 Å². The summed E-state index contributed by atoms with van der Waals surface area (Å²) in [5, 5.41) is -0.264. The summed E-state index contributed by atoms with van der Waals surface area (Å²) in [7, 11) is 0. The van der Waals surface area contributed by atoms with Crippen LogP contribution in [0.25, 0.3) is 0 Å². The number of fused-ring (bicyclic) bond motifs is 1. The minimum atomic E-state index is -0.387. The van der Waals surface area contributed by atoms with Gasteiger partial charge < -0.3 is 4.74 Å². The zero-order valence-electron chi connectivity index (χ0n) is 11.8. The van der Waals surface area contributed by atoms with E-state index >= 15 is 0 Å². The van der Waals surface area contributed by atoms with E-state index < -0.39 is 0 Å². The fourth-order valence-corrected chi connectivity index (χ4v) is 3.65. The van der Waals surface area contributed by atoms with Crippen molar-refractivity contribution in [2.75, 3.05) is 12.9 Å². The number of para-hydroxylation sites is 1. The quantitative estimate of drug-likeness (QED) is 0.792. The summed E-state index contributed by atoms with van der Waals surface area (Å²) >= 11 is 1.53. The topological polar surface area (TPSA) is 38.7 Å². The van der Waals surface area contributed by atoms with E-state index in [9.17, 15) is 4.79 Å². The molecule has 2 atom stereocenters. The Labute approximate surface area is 118 Å². The molecule has 4 heteroatoms. The number of nitrogens with zero attached hydrogens (tertiary/aromatic N) is 1. The maximum absolute atomic E-state index is 12.2. The van der Waals surface area contributed by atoms with E-state index in [1.165, 1.54) is 11.8 Å². The van der Waals surface area contributed by atoms with Gasteiger partial charge in [-0.2, -0.15) is 0 Å². The molecule has 0 radical (unpaired) electrons. The number of thioether (sulfide) groups is 1. The highest BCUT2D eigenvalue weighted by molar-refractivity contribution is 8.00. The lowest BCUT2D eigenvalue weighted by Crippen LogP contribution is -2.44. The van der Waals surface area contributed by atoms with E-state index in [4.69, 9.17) is 4.74 Å². The van der Waals surface area contributed by atoms with Crippen LogP contribution in [0, 0.1) is 0 Å². The zero-order chi connectivity index (χ0) is 14.0. The molecule has 1 aromatic carbocycles. The molecule has 1 aromatic rings. The number of carbonyl (C=O) groups is 1. The van der Waals surface area contributed by atoms with Gasteiger partial charge in [-0.3, -0.25) is 9.79 Å². The van der Waals surface area contributed by atoms with Crippen molar-refractivity contribution in [2.24, 2.45) is 4.99 Å². The van der Waals surface area contributed by atoms with Gasteiger partial charge in [-0.05, 0) is 38.7 Å². The highest BCUT2D eigenvalue weighted by Crippen LogP contribution is 2.45. The molecule has 0 amide bonds. The average Bonchev–Trinajstić information content (AvgIpc) is 2.64. The maximum Gasteiger partial charge on any atom is 0.320 e. The zero-order valence-corrected chi connectivity index (χ0v) is 12.6. The van der Waals surface area contributed by atoms with Crippen LogP contribution in [0.4, 0.5) is 5.69 Å². The summed E-state index contributed by atoms with van der Waals surface area (Å²) in [6.45, 7) is 6.31. The van der Waals surface area contributed by atoms with Gasteiger partial charge in [-0.25, -0.2) is 0 Å². The fraction of sp³-hybridized carbons (Fsp3) is 0.467. The summed E-state index contributed by atoms with van der Waals surface area (Å²) in [5.41, 5.74) is 2.66. The third kappa shape index (κ3) is 2.18. The van der Waals surface area contributed by atoms with Crippen molar-refractivity contribution in [3.8, 4) is 0 Å². The number of aliphatic imine (C=N–C) groups is 1. The van der Waals surface area contributed by atoms with E-state index in [0.29, 0.717) is 6.61 Å². The van der Waals surface area contributed by atoms with Crippen LogP contribution in [0.5, 0.6) is 0 Å². The van der Waals surface area contributed by atoms with Crippen LogP contribution in [0.3, 0.4) is 0 Å². The van der Waals surface area contributed by atoms with E-state index in [1.807, 2.05) is 38.3 Å². The second-order valence-corrected chi connectivity index (χ2v) is 5.73. The van der Waals surface area contributed by atoms with Gasteiger partial charge in [-0.1, -0.05) is 18.2 Å². The van der Waals surface area contributed by atoms with Gasteiger partial charge >= 0.3 is 5.97 Å². The van der Waals surface area contributed by atoms with Crippen LogP contribution in [0.2, 0.25) is 0 Å². The van der Waals surface area contributed by atoms with E-state index in [0.717, 1.165) is 17.0 Å². The van der Waals surface area contributed by atoms with E-state index in [1.54, 1.807) is 0 Å². The number of rotatable bonds is 4. The Balaban J connectivity index is 2.47. The minimum absolute atomic E-state index is 0.163. The van der Waals surface area contributed by atoms with Crippen LogP contribution in [0.15, 0.2) is 29.3 Å². The first-order valence-electron chi connectivity index (χ1n) is 6.40. The average molecular weight is 277 g/mol. The second kappa shape index (κ2) is 5.37. The molecule has 0 bridgehead atoms. The Morgan fingerprint density at radius 3 is 2.79 bits per heavy atom. The molecule has 0 N–H and O–H groups in total. The van der Waals surface area contributed by atoms with Crippen molar-refractivity contribution in [3.05, 3.63) is 29.8 Å². The number of benzene rings is 1. The highest BCUT2D eigenvalue weighted by atomic mass is 32.2. The Morgan fingerprint density at radius 2 is 2.16 bits per heavy atom. The highest BCUT2D eigenvalue weighted by Gasteiger charge is 2.47. The summed E-state index contributed by atoms with van der Waals surface area (Å²) in [5.74, 6) is -0.163. The molecule has 2 rings (SSSR count). The molecule has 2 unspecified atom stereocenters. The largest absolute Gasteiger partial charge is 0.465 e. The molecule has 19 heavy (non-hydrogen) atoms.